The lowest BCUT2D eigenvalue weighted by Gasteiger charge is -2.07. The van der Waals surface area contributed by atoms with Crippen molar-refractivity contribution < 1.29 is 9.53 Å². The number of esters is 1. The van der Waals surface area contributed by atoms with Gasteiger partial charge in [-0.15, -0.1) is 0 Å². The summed E-state index contributed by atoms with van der Waals surface area (Å²) < 4.78 is 8.39. The molecule has 2 rings (SSSR count). The van der Waals surface area contributed by atoms with Gasteiger partial charge in [0, 0.05) is 18.1 Å². The highest BCUT2D eigenvalue weighted by molar-refractivity contribution is 7.80. The van der Waals surface area contributed by atoms with Gasteiger partial charge in [-0.3, -0.25) is 0 Å². The lowest BCUT2D eigenvalue weighted by atomic mass is 10.2. The van der Waals surface area contributed by atoms with Gasteiger partial charge in [-0.05, 0) is 17.8 Å². The predicted molar refractivity (Wildman–Crippen MR) is 80.8 cm³/mol. The van der Waals surface area contributed by atoms with Gasteiger partial charge in [-0.2, -0.15) is 9.36 Å². The van der Waals surface area contributed by atoms with Crippen LogP contribution in [-0.4, -0.2) is 27.5 Å². The van der Waals surface area contributed by atoms with Gasteiger partial charge in [0.05, 0.1) is 7.11 Å². The Morgan fingerprint density at radius 1 is 1.40 bits per heavy atom. The fraction of sp³-hybridized carbons (Fsp3) is 0.167. The summed E-state index contributed by atoms with van der Waals surface area (Å²) in [5.41, 5.74) is 1.11. The summed E-state index contributed by atoms with van der Waals surface area (Å²) in [4.78, 5) is 15.2. The number of benzene rings is 1. The number of thiocarbonyl (C=S) groups is 1. The molecule has 0 saturated carbocycles. The smallest absolute Gasteiger partial charge is 0.377 e. The molecule has 0 bridgehead atoms. The minimum absolute atomic E-state index is 0.0193. The van der Waals surface area contributed by atoms with E-state index in [-0.39, 0.29) is 5.82 Å². The molecule has 0 saturated heterocycles. The van der Waals surface area contributed by atoms with E-state index >= 15 is 0 Å². The van der Waals surface area contributed by atoms with E-state index in [1.165, 1.54) is 7.11 Å². The van der Waals surface area contributed by atoms with Crippen LogP contribution in [0.1, 0.15) is 16.2 Å². The summed E-state index contributed by atoms with van der Waals surface area (Å²) in [5, 5.41) is 6.77. The van der Waals surface area contributed by atoms with Crippen molar-refractivity contribution in [2.45, 2.75) is 6.54 Å². The lowest BCUT2D eigenvalue weighted by molar-refractivity contribution is 0.0588. The van der Waals surface area contributed by atoms with E-state index in [2.05, 4.69) is 24.7 Å². The van der Waals surface area contributed by atoms with Gasteiger partial charge >= 0.3 is 5.97 Å². The molecule has 0 fully saturated rings. The van der Waals surface area contributed by atoms with Crippen molar-refractivity contribution in [2.75, 3.05) is 12.4 Å². The maximum atomic E-state index is 11.2. The molecule has 1 aromatic heterocycles. The molecule has 104 valence electrons. The van der Waals surface area contributed by atoms with Crippen LogP contribution in [0.5, 0.6) is 0 Å². The predicted octanol–water partition coefficient (Wildman–Crippen LogP) is 1.81. The number of nitrogens with zero attached hydrogens (tertiary/aromatic N) is 2. The Morgan fingerprint density at radius 3 is 2.85 bits per heavy atom. The number of ether oxygens (including phenoxy) is 1. The summed E-state index contributed by atoms with van der Waals surface area (Å²) in [6.45, 7) is 0.606. The van der Waals surface area contributed by atoms with Crippen LogP contribution in [0, 0.1) is 0 Å². The second kappa shape index (κ2) is 6.92. The zero-order chi connectivity index (χ0) is 14.4. The topological polar surface area (TPSA) is 76.1 Å². The molecule has 0 atom stereocenters. The van der Waals surface area contributed by atoms with Crippen molar-refractivity contribution in [3.8, 4) is 0 Å². The molecule has 0 unspecified atom stereocenters. The van der Waals surface area contributed by atoms with Crippen molar-refractivity contribution in [2.24, 2.45) is 0 Å². The summed E-state index contributed by atoms with van der Waals surface area (Å²) in [7, 11) is 1.28. The Balaban J connectivity index is 1.85. The molecule has 1 aromatic carbocycles. The molecule has 2 N–H and O–H groups in total. The number of hydrogen-bond donors (Lipinski definition) is 2. The molecule has 0 aliphatic carbocycles. The molecule has 20 heavy (non-hydrogen) atoms. The van der Waals surface area contributed by atoms with E-state index in [1.54, 1.807) is 0 Å². The van der Waals surface area contributed by atoms with Crippen LogP contribution >= 0.6 is 23.8 Å². The lowest BCUT2D eigenvalue weighted by Crippen LogP contribution is -2.27. The fourth-order valence-electron chi connectivity index (χ4n) is 1.37. The van der Waals surface area contributed by atoms with Crippen LogP contribution < -0.4 is 10.6 Å². The number of carbonyl (C=O) groups excluding carboxylic acids is 1. The molecule has 8 heteroatoms. The largest absolute Gasteiger partial charge is 0.463 e. The first-order valence-electron chi connectivity index (χ1n) is 5.70. The number of carbonyl (C=O) groups is 1. The number of methoxy groups -OCH3 is 1. The highest BCUT2D eigenvalue weighted by atomic mass is 32.1. The van der Waals surface area contributed by atoms with E-state index in [0.29, 0.717) is 16.8 Å². The van der Waals surface area contributed by atoms with Crippen molar-refractivity contribution in [1.29, 1.82) is 0 Å². The zero-order valence-corrected chi connectivity index (χ0v) is 12.3. The number of anilines is 1. The molecular formula is C12H12N4O2S2. The van der Waals surface area contributed by atoms with Crippen LogP contribution in [0.3, 0.4) is 0 Å². The first-order valence-corrected chi connectivity index (χ1v) is 6.88. The van der Waals surface area contributed by atoms with Crippen LogP contribution in [0.25, 0.3) is 0 Å². The standard InChI is InChI=1S/C12H12N4O2S2/c1-18-10(17)9-14-12(20-16-9)15-11(19)13-7-8-5-3-2-4-6-8/h2-6H,7H2,1H3,(H2,13,14,15,16,19). The molecule has 0 radical (unpaired) electrons. The number of rotatable bonds is 4. The van der Waals surface area contributed by atoms with Crippen LogP contribution in [0.15, 0.2) is 30.3 Å². The monoisotopic (exact) mass is 308 g/mol. The Labute approximate surface area is 125 Å². The zero-order valence-electron chi connectivity index (χ0n) is 10.6. The average Bonchev–Trinajstić information content (AvgIpc) is 2.94. The van der Waals surface area contributed by atoms with Gasteiger partial charge in [-0.1, -0.05) is 30.3 Å². The van der Waals surface area contributed by atoms with E-state index in [4.69, 9.17) is 12.2 Å². The third kappa shape index (κ3) is 3.97. The Morgan fingerprint density at radius 2 is 2.15 bits per heavy atom. The quantitative estimate of drug-likeness (QED) is 0.659. The Hall–Kier alpha value is -2.06. The van der Waals surface area contributed by atoms with E-state index in [9.17, 15) is 4.79 Å². The molecule has 6 nitrogen and oxygen atoms in total. The van der Waals surface area contributed by atoms with Crippen LogP contribution in [-0.2, 0) is 11.3 Å². The number of aromatic nitrogens is 2. The van der Waals surface area contributed by atoms with Crippen molar-refractivity contribution in [3.05, 3.63) is 41.7 Å². The summed E-state index contributed by atoms with van der Waals surface area (Å²) in [6.07, 6.45) is 0. The van der Waals surface area contributed by atoms with E-state index in [1.807, 2.05) is 30.3 Å². The van der Waals surface area contributed by atoms with Crippen LogP contribution in [0.4, 0.5) is 5.13 Å². The first kappa shape index (κ1) is 14.4. The van der Waals surface area contributed by atoms with Gasteiger partial charge < -0.3 is 15.4 Å². The van der Waals surface area contributed by atoms with E-state index in [0.717, 1.165) is 17.1 Å². The third-order valence-corrected chi connectivity index (χ3v) is 3.19. The highest BCUT2D eigenvalue weighted by Gasteiger charge is 2.13. The van der Waals surface area contributed by atoms with Gasteiger partial charge in [0.15, 0.2) is 5.11 Å². The highest BCUT2D eigenvalue weighted by Crippen LogP contribution is 2.11. The van der Waals surface area contributed by atoms with Crippen LogP contribution in [0.2, 0.25) is 0 Å². The number of hydrogen-bond acceptors (Lipinski definition) is 6. The first-order chi connectivity index (χ1) is 9.69. The molecule has 1 heterocycles. The minimum atomic E-state index is -0.572. The normalized spacial score (nSPS) is 9.85. The minimum Gasteiger partial charge on any atom is -0.463 e. The van der Waals surface area contributed by atoms with Gasteiger partial charge in [-0.25, -0.2) is 4.79 Å². The maximum absolute atomic E-state index is 11.2. The summed E-state index contributed by atoms with van der Waals surface area (Å²) >= 11 is 6.18. The molecule has 0 spiro atoms. The Kier molecular flexibility index (Phi) is 4.97. The molecule has 2 aromatic rings. The molecule has 0 aliphatic heterocycles. The number of nitrogens with one attached hydrogen (secondary N) is 2. The maximum Gasteiger partial charge on any atom is 0.377 e. The van der Waals surface area contributed by atoms with Crippen molar-refractivity contribution in [1.82, 2.24) is 14.7 Å². The summed E-state index contributed by atoms with van der Waals surface area (Å²) in [6, 6.07) is 9.86. The second-order valence-corrected chi connectivity index (χ2v) is 4.87. The van der Waals surface area contributed by atoms with Gasteiger partial charge in [0.2, 0.25) is 5.13 Å². The van der Waals surface area contributed by atoms with Crippen molar-refractivity contribution in [3.63, 3.8) is 0 Å². The molecule has 0 amide bonds. The third-order valence-electron chi connectivity index (χ3n) is 2.31. The molecule has 0 aliphatic rings. The Bertz CT molecular complexity index is 601. The van der Waals surface area contributed by atoms with Crippen molar-refractivity contribution >= 4 is 40.0 Å². The SMILES string of the molecule is COC(=O)c1nsc(NC(=S)NCc2ccccc2)n1. The van der Waals surface area contributed by atoms with Gasteiger partial charge in [0.25, 0.3) is 5.82 Å². The fourth-order valence-corrected chi connectivity index (χ4v) is 2.16. The second-order valence-electron chi connectivity index (χ2n) is 3.71. The summed E-state index contributed by atoms with van der Waals surface area (Å²) in [5.74, 6) is -0.552. The molecular weight excluding hydrogens is 296 g/mol. The van der Waals surface area contributed by atoms with Gasteiger partial charge in [0.1, 0.15) is 0 Å². The average molecular weight is 308 g/mol. The van der Waals surface area contributed by atoms with E-state index < -0.39 is 5.97 Å².